The Morgan fingerprint density at radius 1 is 1.10 bits per heavy atom. The molecule has 0 saturated carbocycles. The van der Waals surface area contributed by atoms with Crippen LogP contribution in [0.4, 0.5) is 10.1 Å². The molecule has 2 aromatic carbocycles. The van der Waals surface area contributed by atoms with Gasteiger partial charge < -0.3 is 19.9 Å². The second-order valence-electron chi connectivity index (χ2n) is 7.82. The van der Waals surface area contributed by atoms with Crippen molar-refractivity contribution in [3.05, 3.63) is 66.0 Å². The standard InChI is InChI=1S/C24H32FN3OS/c1-27(24(30)26-22-6-3-2-4-7-22)23-12-16-28(17-13-23)15-5-18-29-19-14-20-8-10-21(25)11-9-20/h2-4,6-11,23H,5,12-19H2,1H3,(H,26,30). The predicted octanol–water partition coefficient (Wildman–Crippen LogP) is 4.57. The molecule has 1 aliphatic heterocycles. The Morgan fingerprint density at radius 3 is 2.50 bits per heavy atom. The molecule has 0 bridgehead atoms. The summed E-state index contributed by atoms with van der Waals surface area (Å²) in [6.07, 6.45) is 4.11. The number of rotatable bonds is 9. The lowest BCUT2D eigenvalue weighted by Crippen LogP contribution is -2.47. The molecular weight excluding hydrogens is 397 g/mol. The first-order valence-electron chi connectivity index (χ1n) is 10.8. The van der Waals surface area contributed by atoms with Gasteiger partial charge in [0.25, 0.3) is 0 Å². The first-order valence-corrected chi connectivity index (χ1v) is 11.2. The van der Waals surface area contributed by atoms with Crippen molar-refractivity contribution >= 4 is 23.0 Å². The summed E-state index contributed by atoms with van der Waals surface area (Å²) in [5.74, 6) is -0.191. The molecular formula is C24H32FN3OS. The maximum atomic E-state index is 12.9. The van der Waals surface area contributed by atoms with Gasteiger partial charge in [0.2, 0.25) is 0 Å². The lowest BCUT2D eigenvalue weighted by molar-refractivity contribution is 0.111. The van der Waals surface area contributed by atoms with Crippen LogP contribution in [0.5, 0.6) is 0 Å². The van der Waals surface area contributed by atoms with E-state index in [4.69, 9.17) is 17.0 Å². The molecule has 0 spiro atoms. The Morgan fingerprint density at radius 2 is 1.80 bits per heavy atom. The molecule has 0 unspecified atom stereocenters. The third kappa shape index (κ3) is 7.35. The summed E-state index contributed by atoms with van der Waals surface area (Å²) in [5, 5.41) is 4.11. The van der Waals surface area contributed by atoms with Crippen LogP contribution in [0.25, 0.3) is 0 Å². The number of likely N-dealkylation sites (tertiary alicyclic amines) is 1. The van der Waals surface area contributed by atoms with Crippen LogP contribution in [0.2, 0.25) is 0 Å². The van der Waals surface area contributed by atoms with Gasteiger partial charge in [-0.1, -0.05) is 30.3 Å². The lowest BCUT2D eigenvalue weighted by atomic mass is 10.0. The predicted molar refractivity (Wildman–Crippen MR) is 125 cm³/mol. The molecule has 0 aromatic heterocycles. The highest BCUT2D eigenvalue weighted by molar-refractivity contribution is 7.80. The quantitative estimate of drug-likeness (QED) is 0.466. The summed E-state index contributed by atoms with van der Waals surface area (Å²) in [5.41, 5.74) is 2.15. The van der Waals surface area contributed by atoms with Gasteiger partial charge in [0.05, 0.1) is 6.61 Å². The van der Waals surface area contributed by atoms with Gasteiger partial charge in [-0.2, -0.15) is 0 Å². The minimum absolute atomic E-state index is 0.191. The molecule has 1 N–H and O–H groups in total. The topological polar surface area (TPSA) is 27.7 Å². The van der Waals surface area contributed by atoms with E-state index >= 15 is 0 Å². The van der Waals surface area contributed by atoms with Crippen molar-refractivity contribution in [1.29, 1.82) is 0 Å². The van der Waals surface area contributed by atoms with Gasteiger partial charge in [0.1, 0.15) is 5.82 Å². The minimum Gasteiger partial charge on any atom is -0.381 e. The van der Waals surface area contributed by atoms with E-state index in [1.165, 1.54) is 12.1 Å². The summed E-state index contributed by atoms with van der Waals surface area (Å²) in [6, 6.07) is 17.2. The van der Waals surface area contributed by atoms with Crippen molar-refractivity contribution in [2.24, 2.45) is 0 Å². The molecule has 0 radical (unpaired) electrons. The minimum atomic E-state index is -0.191. The number of thiocarbonyl (C=S) groups is 1. The molecule has 2 aromatic rings. The largest absolute Gasteiger partial charge is 0.381 e. The molecule has 1 fully saturated rings. The van der Waals surface area contributed by atoms with Gasteiger partial charge in [-0.3, -0.25) is 0 Å². The fourth-order valence-corrected chi connectivity index (χ4v) is 4.03. The van der Waals surface area contributed by atoms with Gasteiger partial charge in [-0.25, -0.2) is 4.39 Å². The van der Waals surface area contributed by atoms with E-state index in [0.29, 0.717) is 12.6 Å². The van der Waals surface area contributed by atoms with E-state index in [2.05, 4.69) is 22.2 Å². The number of nitrogens with one attached hydrogen (secondary N) is 1. The number of nitrogens with zero attached hydrogens (tertiary/aromatic N) is 2. The van der Waals surface area contributed by atoms with Crippen LogP contribution in [0.15, 0.2) is 54.6 Å². The van der Waals surface area contributed by atoms with E-state index in [1.54, 1.807) is 0 Å². The highest BCUT2D eigenvalue weighted by Gasteiger charge is 2.23. The maximum absolute atomic E-state index is 12.9. The van der Waals surface area contributed by atoms with E-state index in [1.807, 2.05) is 42.5 Å². The second kappa shape index (κ2) is 12.0. The van der Waals surface area contributed by atoms with Crippen molar-refractivity contribution in [2.75, 3.05) is 45.2 Å². The first-order chi connectivity index (χ1) is 14.6. The fraction of sp³-hybridized carbons (Fsp3) is 0.458. The molecule has 0 atom stereocenters. The zero-order valence-electron chi connectivity index (χ0n) is 17.7. The van der Waals surface area contributed by atoms with Gasteiger partial charge in [0.15, 0.2) is 5.11 Å². The van der Waals surface area contributed by atoms with Crippen LogP contribution in [-0.4, -0.2) is 60.8 Å². The Labute approximate surface area is 185 Å². The van der Waals surface area contributed by atoms with Crippen molar-refractivity contribution in [3.63, 3.8) is 0 Å². The molecule has 1 heterocycles. The average molecular weight is 430 g/mol. The summed E-state index contributed by atoms with van der Waals surface area (Å²) in [6.45, 7) is 4.72. The molecule has 3 rings (SSSR count). The van der Waals surface area contributed by atoms with Crippen molar-refractivity contribution in [3.8, 4) is 0 Å². The Kier molecular flexibility index (Phi) is 9.05. The van der Waals surface area contributed by atoms with E-state index in [9.17, 15) is 4.39 Å². The van der Waals surface area contributed by atoms with E-state index in [0.717, 1.165) is 68.3 Å². The molecule has 162 valence electrons. The van der Waals surface area contributed by atoms with Crippen LogP contribution in [0.1, 0.15) is 24.8 Å². The number of hydrogen-bond acceptors (Lipinski definition) is 3. The van der Waals surface area contributed by atoms with Crippen LogP contribution >= 0.6 is 12.2 Å². The maximum Gasteiger partial charge on any atom is 0.173 e. The van der Waals surface area contributed by atoms with Gasteiger partial charge in [0, 0.05) is 45.0 Å². The SMILES string of the molecule is CN(C(=S)Nc1ccccc1)C1CCN(CCCOCCc2ccc(F)cc2)CC1. The van der Waals surface area contributed by atoms with Crippen LogP contribution in [-0.2, 0) is 11.2 Å². The lowest BCUT2D eigenvalue weighted by Gasteiger charge is -2.37. The Hall–Kier alpha value is -2.02. The molecule has 0 amide bonds. The summed E-state index contributed by atoms with van der Waals surface area (Å²) in [4.78, 5) is 4.72. The highest BCUT2D eigenvalue weighted by Crippen LogP contribution is 2.17. The molecule has 4 nitrogen and oxygen atoms in total. The average Bonchev–Trinajstić information content (AvgIpc) is 2.78. The van der Waals surface area contributed by atoms with E-state index in [-0.39, 0.29) is 5.82 Å². The second-order valence-corrected chi connectivity index (χ2v) is 8.21. The number of piperidine rings is 1. The Balaban J connectivity index is 1.26. The number of benzene rings is 2. The fourth-order valence-electron chi connectivity index (χ4n) is 3.76. The first kappa shape index (κ1) is 22.7. The molecule has 6 heteroatoms. The molecule has 30 heavy (non-hydrogen) atoms. The highest BCUT2D eigenvalue weighted by atomic mass is 32.1. The summed E-state index contributed by atoms with van der Waals surface area (Å²) < 4.78 is 18.7. The number of hydrogen-bond donors (Lipinski definition) is 1. The normalized spacial score (nSPS) is 15.1. The van der Waals surface area contributed by atoms with Gasteiger partial charge in [-0.15, -0.1) is 0 Å². The number of halogens is 1. The van der Waals surface area contributed by atoms with Crippen LogP contribution in [0, 0.1) is 5.82 Å². The zero-order valence-corrected chi connectivity index (χ0v) is 18.5. The molecule has 1 aliphatic rings. The molecule has 1 saturated heterocycles. The summed E-state index contributed by atoms with van der Waals surface area (Å²) in [7, 11) is 2.09. The third-order valence-electron chi connectivity index (χ3n) is 5.66. The number of para-hydroxylation sites is 1. The van der Waals surface area contributed by atoms with Crippen LogP contribution in [0.3, 0.4) is 0 Å². The van der Waals surface area contributed by atoms with Crippen LogP contribution < -0.4 is 5.32 Å². The molecule has 0 aliphatic carbocycles. The summed E-state index contributed by atoms with van der Waals surface area (Å²) >= 11 is 5.59. The van der Waals surface area contributed by atoms with Gasteiger partial charge in [-0.05, 0) is 67.7 Å². The van der Waals surface area contributed by atoms with Gasteiger partial charge >= 0.3 is 0 Å². The monoisotopic (exact) mass is 429 g/mol. The van der Waals surface area contributed by atoms with Crippen molar-refractivity contribution in [2.45, 2.75) is 31.7 Å². The van der Waals surface area contributed by atoms with E-state index < -0.39 is 0 Å². The van der Waals surface area contributed by atoms with Crippen molar-refractivity contribution in [1.82, 2.24) is 9.80 Å². The third-order valence-corrected chi connectivity index (χ3v) is 6.05. The number of ether oxygens (including phenoxy) is 1. The zero-order chi connectivity index (χ0) is 21.2. The van der Waals surface area contributed by atoms with Crippen molar-refractivity contribution < 1.29 is 9.13 Å². The Bertz CT molecular complexity index is 764. The smallest absolute Gasteiger partial charge is 0.173 e. The number of anilines is 1.